The summed E-state index contributed by atoms with van der Waals surface area (Å²) in [5.41, 5.74) is -0.388. The summed E-state index contributed by atoms with van der Waals surface area (Å²) in [4.78, 5) is 30.6. The molecule has 0 unspecified atom stereocenters. The topological polar surface area (TPSA) is 66.2 Å². The minimum absolute atomic E-state index is 0.0570. The number of likely N-dealkylation sites (N-methyl/N-ethyl adjacent to an activating group) is 1. The van der Waals surface area contributed by atoms with Crippen molar-refractivity contribution >= 4 is 12.0 Å². The van der Waals surface area contributed by atoms with E-state index in [2.05, 4.69) is 4.90 Å². The van der Waals surface area contributed by atoms with Crippen molar-refractivity contribution in [1.29, 1.82) is 0 Å². The van der Waals surface area contributed by atoms with Gasteiger partial charge in [-0.3, -0.25) is 9.69 Å². The Morgan fingerprint density at radius 1 is 1.31 bits per heavy atom. The molecule has 1 aromatic heterocycles. The van der Waals surface area contributed by atoms with E-state index in [4.69, 9.17) is 9.15 Å². The lowest BCUT2D eigenvalue weighted by Crippen LogP contribution is -2.51. The molecule has 142 valence electrons. The molecule has 0 saturated carbocycles. The summed E-state index contributed by atoms with van der Waals surface area (Å²) in [5.74, 6) is 1.26. The van der Waals surface area contributed by atoms with Gasteiger partial charge in [0.15, 0.2) is 0 Å². The highest BCUT2D eigenvalue weighted by Gasteiger charge is 2.46. The second kappa shape index (κ2) is 6.95. The molecule has 4 rings (SSSR count). The number of rotatable bonds is 3. The van der Waals surface area contributed by atoms with Gasteiger partial charge in [-0.1, -0.05) is 0 Å². The molecule has 7 heteroatoms. The van der Waals surface area contributed by atoms with E-state index in [0.29, 0.717) is 19.6 Å². The lowest BCUT2D eigenvalue weighted by atomic mass is 9.89. The standard InChI is InChI=1S/C19H27N3O4/c1-20-14-19(26-18(20)24)6-9-22(10-7-19)17(23)15-4-2-8-21(12-15)13-16-5-3-11-25-16/h3,5,11,15H,2,4,6-10,12-14H2,1H3/t15-/m0/s1. The van der Waals surface area contributed by atoms with E-state index in [9.17, 15) is 9.59 Å². The fourth-order valence-corrected chi connectivity index (χ4v) is 4.47. The van der Waals surface area contributed by atoms with E-state index in [1.807, 2.05) is 17.0 Å². The van der Waals surface area contributed by atoms with Crippen LogP contribution in [0.3, 0.4) is 0 Å². The molecule has 7 nitrogen and oxygen atoms in total. The highest BCUT2D eigenvalue weighted by Crippen LogP contribution is 2.33. The van der Waals surface area contributed by atoms with Gasteiger partial charge in [0.2, 0.25) is 5.91 Å². The minimum atomic E-state index is -0.388. The van der Waals surface area contributed by atoms with Crippen LogP contribution in [0, 0.1) is 5.92 Å². The zero-order valence-electron chi connectivity index (χ0n) is 15.4. The Hall–Kier alpha value is -2.02. The summed E-state index contributed by atoms with van der Waals surface area (Å²) in [5, 5.41) is 0. The van der Waals surface area contributed by atoms with Crippen molar-refractivity contribution in [3.05, 3.63) is 24.2 Å². The third-order valence-electron chi connectivity index (χ3n) is 5.94. The van der Waals surface area contributed by atoms with Crippen molar-refractivity contribution in [2.75, 3.05) is 39.8 Å². The average Bonchev–Trinajstić information content (AvgIpc) is 3.24. The first-order chi connectivity index (χ1) is 12.5. The van der Waals surface area contributed by atoms with E-state index in [1.54, 1.807) is 18.2 Å². The summed E-state index contributed by atoms with van der Waals surface area (Å²) in [6, 6.07) is 3.88. The van der Waals surface area contributed by atoms with Gasteiger partial charge in [0.05, 0.1) is 25.3 Å². The van der Waals surface area contributed by atoms with Crippen molar-refractivity contribution < 1.29 is 18.7 Å². The molecule has 1 spiro atoms. The molecule has 1 aromatic rings. The van der Waals surface area contributed by atoms with Gasteiger partial charge < -0.3 is 19.0 Å². The van der Waals surface area contributed by atoms with Crippen LogP contribution >= 0.6 is 0 Å². The monoisotopic (exact) mass is 361 g/mol. The quantitative estimate of drug-likeness (QED) is 0.823. The number of ether oxygens (including phenoxy) is 1. The Balaban J connectivity index is 1.31. The normalized spacial score (nSPS) is 26.3. The van der Waals surface area contributed by atoms with Crippen molar-refractivity contribution in [1.82, 2.24) is 14.7 Å². The van der Waals surface area contributed by atoms with E-state index in [1.165, 1.54) is 0 Å². The lowest BCUT2D eigenvalue weighted by Gasteiger charge is -2.40. The van der Waals surface area contributed by atoms with Crippen molar-refractivity contribution in [3.63, 3.8) is 0 Å². The zero-order valence-corrected chi connectivity index (χ0v) is 15.4. The number of nitrogens with zero attached hydrogens (tertiary/aromatic N) is 3. The third kappa shape index (κ3) is 3.45. The molecular weight excluding hydrogens is 334 g/mol. The Morgan fingerprint density at radius 3 is 2.77 bits per heavy atom. The van der Waals surface area contributed by atoms with Gasteiger partial charge in [-0.25, -0.2) is 4.79 Å². The summed E-state index contributed by atoms with van der Waals surface area (Å²) in [7, 11) is 1.77. The molecule has 26 heavy (non-hydrogen) atoms. The highest BCUT2D eigenvalue weighted by molar-refractivity contribution is 5.79. The predicted octanol–water partition coefficient (Wildman–Crippen LogP) is 1.93. The molecular formula is C19H27N3O4. The van der Waals surface area contributed by atoms with E-state index in [0.717, 1.165) is 51.1 Å². The number of amides is 2. The van der Waals surface area contributed by atoms with Crippen molar-refractivity contribution in [3.8, 4) is 0 Å². The van der Waals surface area contributed by atoms with Crippen LogP contribution < -0.4 is 0 Å². The van der Waals surface area contributed by atoms with Gasteiger partial charge in [0.1, 0.15) is 11.4 Å². The first-order valence-electron chi connectivity index (χ1n) is 9.52. The van der Waals surface area contributed by atoms with Crippen LogP contribution in [0.5, 0.6) is 0 Å². The number of hydrogen-bond acceptors (Lipinski definition) is 5. The average molecular weight is 361 g/mol. The molecule has 0 radical (unpaired) electrons. The molecule has 2 amide bonds. The number of likely N-dealkylation sites (tertiary alicyclic amines) is 2. The smallest absolute Gasteiger partial charge is 0.410 e. The summed E-state index contributed by atoms with van der Waals surface area (Å²) in [6.45, 7) is 4.55. The van der Waals surface area contributed by atoms with E-state index in [-0.39, 0.29) is 23.5 Å². The van der Waals surface area contributed by atoms with Gasteiger partial charge in [-0.15, -0.1) is 0 Å². The van der Waals surface area contributed by atoms with Crippen LogP contribution in [0.25, 0.3) is 0 Å². The maximum absolute atomic E-state index is 13.0. The molecule has 1 atom stereocenters. The molecule has 4 heterocycles. The molecule has 0 aromatic carbocycles. The van der Waals surface area contributed by atoms with Crippen LogP contribution in [0.15, 0.2) is 22.8 Å². The Morgan fingerprint density at radius 2 is 2.12 bits per heavy atom. The van der Waals surface area contributed by atoms with Crippen LogP contribution in [0.1, 0.15) is 31.4 Å². The first-order valence-corrected chi connectivity index (χ1v) is 9.52. The molecule has 3 fully saturated rings. The first kappa shape index (κ1) is 17.4. The molecule has 0 aliphatic carbocycles. The van der Waals surface area contributed by atoms with E-state index < -0.39 is 0 Å². The van der Waals surface area contributed by atoms with Crippen LogP contribution in [-0.4, -0.2) is 72.1 Å². The van der Waals surface area contributed by atoms with Crippen molar-refractivity contribution in [2.45, 2.75) is 37.8 Å². The van der Waals surface area contributed by atoms with Gasteiger partial charge in [0, 0.05) is 39.5 Å². The number of carbonyl (C=O) groups is 2. The SMILES string of the molecule is CN1CC2(CCN(C(=O)[C@H]3CCCN(Cc4ccco4)C3)CC2)OC1=O. The molecule has 0 N–H and O–H groups in total. The van der Waals surface area contributed by atoms with E-state index >= 15 is 0 Å². The van der Waals surface area contributed by atoms with Gasteiger partial charge in [0.25, 0.3) is 0 Å². The Bertz CT molecular complexity index is 652. The maximum atomic E-state index is 13.0. The fourth-order valence-electron chi connectivity index (χ4n) is 4.47. The summed E-state index contributed by atoms with van der Waals surface area (Å²) >= 11 is 0. The molecule has 3 aliphatic rings. The highest BCUT2D eigenvalue weighted by atomic mass is 16.6. The van der Waals surface area contributed by atoms with Gasteiger partial charge >= 0.3 is 6.09 Å². The Labute approximate surface area is 153 Å². The number of carbonyl (C=O) groups excluding carboxylic acids is 2. The second-order valence-corrected chi connectivity index (χ2v) is 7.89. The van der Waals surface area contributed by atoms with Crippen LogP contribution in [-0.2, 0) is 16.1 Å². The Kier molecular flexibility index (Phi) is 4.65. The second-order valence-electron chi connectivity index (χ2n) is 7.89. The van der Waals surface area contributed by atoms with Crippen LogP contribution in [0.4, 0.5) is 4.79 Å². The predicted molar refractivity (Wildman–Crippen MR) is 94.4 cm³/mol. The number of hydrogen-bond donors (Lipinski definition) is 0. The largest absolute Gasteiger partial charge is 0.468 e. The molecule has 3 saturated heterocycles. The van der Waals surface area contributed by atoms with Gasteiger partial charge in [-0.2, -0.15) is 0 Å². The van der Waals surface area contributed by atoms with Crippen molar-refractivity contribution in [2.24, 2.45) is 5.92 Å². The number of piperidine rings is 2. The van der Waals surface area contributed by atoms with Crippen LogP contribution in [0.2, 0.25) is 0 Å². The summed E-state index contributed by atoms with van der Waals surface area (Å²) < 4.78 is 11.0. The summed E-state index contributed by atoms with van der Waals surface area (Å²) in [6.07, 6.45) is 4.91. The minimum Gasteiger partial charge on any atom is -0.468 e. The molecule has 0 bridgehead atoms. The van der Waals surface area contributed by atoms with Gasteiger partial charge in [-0.05, 0) is 31.5 Å². The lowest BCUT2D eigenvalue weighted by molar-refractivity contribution is -0.140. The molecule has 3 aliphatic heterocycles. The zero-order chi connectivity index (χ0) is 18.1. The number of furan rings is 1. The fraction of sp³-hybridized carbons (Fsp3) is 0.684. The maximum Gasteiger partial charge on any atom is 0.410 e. The third-order valence-corrected chi connectivity index (χ3v) is 5.94.